The van der Waals surface area contributed by atoms with Gasteiger partial charge in [-0.2, -0.15) is 0 Å². The Hall–Kier alpha value is -2.87. The fourth-order valence-electron chi connectivity index (χ4n) is 3.82. The molecule has 2 amide bonds. The van der Waals surface area contributed by atoms with Crippen molar-refractivity contribution in [1.82, 2.24) is 10.2 Å². The third kappa shape index (κ3) is 5.44. The van der Waals surface area contributed by atoms with Gasteiger partial charge in [0.1, 0.15) is 17.3 Å². The number of benzene rings is 2. The molecule has 2 aromatic rings. The monoisotopic (exact) mass is 485 g/mol. The van der Waals surface area contributed by atoms with E-state index in [4.69, 9.17) is 9.57 Å². The molecule has 2 heterocycles. The number of amides is 2. The van der Waals surface area contributed by atoms with Crippen LogP contribution in [-0.2, 0) is 27.4 Å². The summed E-state index contributed by atoms with van der Waals surface area (Å²) in [4.78, 5) is 32.8. The van der Waals surface area contributed by atoms with Gasteiger partial charge in [0.25, 0.3) is 0 Å². The zero-order valence-corrected chi connectivity index (χ0v) is 18.5. The highest BCUT2D eigenvalue weighted by Gasteiger charge is 2.44. The number of nitrogens with one attached hydrogen (secondary N) is 1. The maximum Gasteiger partial charge on any atom is 0.408 e. The fraction of sp³-hybridized carbons (Fsp3) is 0.348. The first-order chi connectivity index (χ1) is 15.1. The molecule has 8 heteroatoms. The zero-order chi connectivity index (χ0) is 21.6. The highest BCUT2D eigenvalue weighted by Crippen LogP contribution is 2.30. The molecular formula is C23H24BrN3O4. The van der Waals surface area contributed by atoms with Crippen molar-refractivity contribution >= 4 is 32.6 Å². The summed E-state index contributed by atoms with van der Waals surface area (Å²) in [5, 5.41) is 6.72. The van der Waals surface area contributed by atoms with Gasteiger partial charge in [-0.1, -0.05) is 65.8 Å². The van der Waals surface area contributed by atoms with Crippen molar-refractivity contribution in [3.8, 4) is 0 Å². The van der Waals surface area contributed by atoms with Gasteiger partial charge in [-0.05, 0) is 39.9 Å². The maximum atomic E-state index is 13.3. The number of alkyl carbamates (subject to hydrolysis) is 1. The molecule has 0 aliphatic carbocycles. The topological polar surface area (TPSA) is 80.2 Å². The van der Waals surface area contributed by atoms with Gasteiger partial charge < -0.3 is 19.8 Å². The van der Waals surface area contributed by atoms with Crippen molar-refractivity contribution in [3.05, 3.63) is 71.8 Å². The average molecular weight is 486 g/mol. The van der Waals surface area contributed by atoms with Crippen LogP contribution in [0.25, 0.3) is 0 Å². The Kier molecular flexibility index (Phi) is 6.86. The molecule has 3 atom stereocenters. The quantitative estimate of drug-likeness (QED) is 0.650. The number of ether oxygens (including phenoxy) is 1. The van der Waals surface area contributed by atoms with Crippen molar-refractivity contribution in [1.29, 1.82) is 0 Å². The van der Waals surface area contributed by atoms with E-state index in [9.17, 15) is 9.59 Å². The number of carbonyl (C=O) groups is 2. The maximum absolute atomic E-state index is 13.3. The lowest BCUT2D eigenvalue weighted by Gasteiger charge is -2.24. The predicted molar refractivity (Wildman–Crippen MR) is 120 cm³/mol. The number of nitrogens with zero attached hydrogens (tertiary/aromatic N) is 2. The van der Waals surface area contributed by atoms with Crippen LogP contribution in [0, 0.1) is 5.92 Å². The molecule has 2 unspecified atom stereocenters. The molecule has 1 saturated heterocycles. The summed E-state index contributed by atoms with van der Waals surface area (Å²) >= 11 is 3.40. The summed E-state index contributed by atoms with van der Waals surface area (Å²) in [5.74, 6) is -0.0883. The first-order valence-electron chi connectivity index (χ1n) is 10.3. The van der Waals surface area contributed by atoms with E-state index >= 15 is 0 Å². The summed E-state index contributed by atoms with van der Waals surface area (Å²) < 4.78 is 6.07. The van der Waals surface area contributed by atoms with Crippen LogP contribution in [-0.4, -0.2) is 46.8 Å². The van der Waals surface area contributed by atoms with Gasteiger partial charge in [-0.25, -0.2) is 4.79 Å². The van der Waals surface area contributed by atoms with E-state index in [1.165, 1.54) is 0 Å². The molecule has 1 N–H and O–H groups in total. The predicted octanol–water partition coefficient (Wildman–Crippen LogP) is 3.48. The molecule has 0 radical (unpaired) electrons. The molecule has 2 aliphatic rings. The molecule has 31 heavy (non-hydrogen) atoms. The number of carbonyl (C=O) groups excluding carboxylic acids is 2. The van der Waals surface area contributed by atoms with Gasteiger partial charge in [0.2, 0.25) is 5.91 Å². The minimum atomic E-state index is -0.682. The van der Waals surface area contributed by atoms with Crippen LogP contribution in [0.2, 0.25) is 0 Å². The average Bonchev–Trinajstić information content (AvgIpc) is 3.38. The van der Waals surface area contributed by atoms with Crippen molar-refractivity contribution in [3.63, 3.8) is 0 Å². The van der Waals surface area contributed by atoms with Crippen LogP contribution < -0.4 is 5.32 Å². The summed E-state index contributed by atoms with van der Waals surface area (Å²) in [6.07, 6.45) is 0.399. The van der Waals surface area contributed by atoms with Gasteiger partial charge in [-0.3, -0.25) is 4.79 Å². The highest BCUT2D eigenvalue weighted by molar-refractivity contribution is 9.18. The van der Waals surface area contributed by atoms with Crippen LogP contribution in [0.5, 0.6) is 0 Å². The molecule has 0 bridgehead atoms. The number of aryl methyl sites for hydroxylation is 1. The van der Waals surface area contributed by atoms with E-state index in [0.717, 1.165) is 15.7 Å². The number of rotatable bonds is 7. The summed E-state index contributed by atoms with van der Waals surface area (Å²) in [7, 11) is 0. The number of halogens is 1. The molecule has 0 saturated carbocycles. The smallest absolute Gasteiger partial charge is 0.408 e. The third-order valence-electron chi connectivity index (χ3n) is 5.53. The molecule has 4 rings (SSSR count). The number of likely N-dealkylation sites (tertiary alicyclic amines) is 1. The number of oxime groups is 1. The Morgan fingerprint density at radius 3 is 2.45 bits per heavy atom. The van der Waals surface area contributed by atoms with E-state index in [1.54, 1.807) is 4.90 Å². The SMILES string of the molecule is O=C(N[C@@H](CCc1ccccc1)C(=O)N1CC2ON=C(Br)C2C1)OCc1ccccc1. The van der Waals surface area contributed by atoms with Crippen LogP contribution >= 0.6 is 15.9 Å². The van der Waals surface area contributed by atoms with E-state index in [1.807, 2.05) is 60.7 Å². The van der Waals surface area contributed by atoms with Crippen molar-refractivity contribution in [2.24, 2.45) is 11.1 Å². The molecule has 7 nitrogen and oxygen atoms in total. The second kappa shape index (κ2) is 9.96. The van der Waals surface area contributed by atoms with E-state index in [2.05, 4.69) is 26.4 Å². The normalized spacial score (nSPS) is 20.4. The Bertz CT molecular complexity index is 938. The third-order valence-corrected chi connectivity index (χ3v) is 6.26. The van der Waals surface area contributed by atoms with E-state index < -0.39 is 12.1 Å². The Balaban J connectivity index is 1.39. The zero-order valence-electron chi connectivity index (χ0n) is 16.9. The molecule has 2 aliphatic heterocycles. The highest BCUT2D eigenvalue weighted by atomic mass is 79.9. The largest absolute Gasteiger partial charge is 0.445 e. The molecule has 0 spiro atoms. The summed E-state index contributed by atoms with van der Waals surface area (Å²) in [6.45, 7) is 1.11. The van der Waals surface area contributed by atoms with Crippen LogP contribution in [0.3, 0.4) is 0 Å². The summed E-state index contributed by atoms with van der Waals surface area (Å²) in [5.41, 5.74) is 2.00. The van der Waals surface area contributed by atoms with Gasteiger partial charge >= 0.3 is 6.09 Å². The second-order valence-corrected chi connectivity index (χ2v) is 8.50. The Labute approximate surface area is 189 Å². The molecule has 2 aromatic carbocycles. The lowest BCUT2D eigenvalue weighted by atomic mass is 10.0. The number of hydrogen-bond donors (Lipinski definition) is 1. The first kappa shape index (κ1) is 21.4. The summed E-state index contributed by atoms with van der Waals surface area (Å²) in [6, 6.07) is 18.7. The van der Waals surface area contributed by atoms with Crippen LogP contribution in [0.15, 0.2) is 65.8 Å². The number of hydrogen-bond acceptors (Lipinski definition) is 5. The van der Waals surface area contributed by atoms with Gasteiger partial charge in [0.05, 0.1) is 12.5 Å². The number of fused-ring (bicyclic) bond motifs is 1. The van der Waals surface area contributed by atoms with Crippen LogP contribution in [0.1, 0.15) is 17.5 Å². The minimum Gasteiger partial charge on any atom is -0.445 e. The second-order valence-electron chi connectivity index (χ2n) is 7.69. The lowest BCUT2D eigenvalue weighted by Crippen LogP contribution is -2.48. The fourth-order valence-corrected chi connectivity index (χ4v) is 4.34. The lowest BCUT2D eigenvalue weighted by molar-refractivity contribution is -0.133. The van der Waals surface area contributed by atoms with Gasteiger partial charge in [0.15, 0.2) is 6.10 Å². The van der Waals surface area contributed by atoms with Crippen molar-refractivity contribution in [2.45, 2.75) is 31.6 Å². The van der Waals surface area contributed by atoms with Crippen molar-refractivity contribution < 1.29 is 19.2 Å². The van der Waals surface area contributed by atoms with Crippen molar-refractivity contribution in [2.75, 3.05) is 13.1 Å². The van der Waals surface area contributed by atoms with E-state index in [-0.39, 0.29) is 24.5 Å². The molecule has 1 fully saturated rings. The molecule has 162 valence electrons. The van der Waals surface area contributed by atoms with E-state index in [0.29, 0.717) is 25.9 Å². The first-order valence-corrected chi connectivity index (χ1v) is 11.1. The standard InChI is InChI=1S/C23H24BrN3O4/c24-21-18-13-27(14-20(18)31-26-21)22(28)19(12-11-16-7-3-1-4-8-16)25-23(29)30-15-17-9-5-2-6-10-17/h1-10,18-20H,11-15H2,(H,25,29)/t18?,19-,20?/m0/s1. The molecule has 0 aromatic heterocycles. The van der Waals surface area contributed by atoms with Gasteiger partial charge in [-0.15, -0.1) is 0 Å². The minimum absolute atomic E-state index is 0.0451. The Morgan fingerprint density at radius 1 is 1.10 bits per heavy atom. The Morgan fingerprint density at radius 2 is 1.77 bits per heavy atom. The molecular weight excluding hydrogens is 462 g/mol. The van der Waals surface area contributed by atoms with Gasteiger partial charge in [0, 0.05) is 6.54 Å². The van der Waals surface area contributed by atoms with Crippen LogP contribution in [0.4, 0.5) is 4.79 Å².